The monoisotopic (exact) mass is 412 g/mol. The molecule has 1 saturated carbocycles. The molecule has 0 bridgehead atoms. The maximum Gasteiger partial charge on any atom is 0.237 e. The van der Waals surface area contributed by atoms with E-state index in [0.29, 0.717) is 18.5 Å². The molecule has 2 atom stereocenters. The van der Waals surface area contributed by atoms with Gasteiger partial charge < -0.3 is 4.90 Å². The summed E-state index contributed by atoms with van der Waals surface area (Å²) in [6.45, 7) is 6.54. The Bertz CT molecular complexity index is 809. The van der Waals surface area contributed by atoms with Gasteiger partial charge in [-0.05, 0) is 43.7 Å². The van der Waals surface area contributed by atoms with Crippen LogP contribution in [0.3, 0.4) is 0 Å². The summed E-state index contributed by atoms with van der Waals surface area (Å²) >= 11 is 1.80. The van der Waals surface area contributed by atoms with E-state index in [-0.39, 0.29) is 0 Å². The van der Waals surface area contributed by atoms with Crippen LogP contribution in [0.5, 0.6) is 0 Å². The fraction of sp³-hybridized carbons (Fsp3) is 0.652. The van der Waals surface area contributed by atoms with Crippen LogP contribution in [0.4, 0.5) is 0 Å². The van der Waals surface area contributed by atoms with Crippen molar-refractivity contribution in [2.45, 2.75) is 51.1 Å². The number of likely N-dealkylation sites (tertiary alicyclic amines) is 1. The van der Waals surface area contributed by atoms with Crippen LogP contribution in [-0.2, 0) is 11.3 Å². The molecule has 0 spiro atoms. The predicted molar refractivity (Wildman–Crippen MR) is 118 cm³/mol. The average molecular weight is 413 g/mol. The molecule has 1 amide bonds. The van der Waals surface area contributed by atoms with Crippen molar-refractivity contribution in [3.05, 3.63) is 29.3 Å². The molecule has 3 heterocycles. The molecule has 0 unspecified atom stereocenters. The Kier molecular flexibility index (Phi) is 5.84. The lowest BCUT2D eigenvalue weighted by atomic mass is 9.78. The molecule has 0 radical (unpaired) electrons. The Morgan fingerprint density at radius 1 is 0.966 bits per heavy atom. The number of fused-ring (bicyclic) bond motifs is 2. The standard InChI is InChI=1S/C23H32N4OS/c28-23(27-11-5-7-18-6-1-3-9-20(18)27)17-26-14-12-25(13-15-26)16-22-24-19-8-2-4-10-21(19)29-22/h2,4,8,10,18,20H,1,3,5-7,9,11-17H2/t18-,20+/m0/s1. The topological polar surface area (TPSA) is 39.7 Å². The molecule has 5 rings (SSSR count). The van der Waals surface area contributed by atoms with E-state index in [1.165, 1.54) is 48.2 Å². The lowest BCUT2D eigenvalue weighted by molar-refractivity contribution is -0.139. The maximum absolute atomic E-state index is 13.1. The molecule has 2 aliphatic heterocycles. The van der Waals surface area contributed by atoms with Crippen LogP contribution in [0.15, 0.2) is 24.3 Å². The minimum atomic E-state index is 0.376. The Hall–Kier alpha value is -1.50. The van der Waals surface area contributed by atoms with Crippen LogP contribution < -0.4 is 0 Å². The summed E-state index contributed by atoms with van der Waals surface area (Å²) in [7, 11) is 0. The second-order valence-corrected chi connectivity index (χ2v) is 10.1. The first kappa shape index (κ1) is 19.5. The van der Waals surface area contributed by atoms with Gasteiger partial charge in [-0.2, -0.15) is 0 Å². The fourth-order valence-electron chi connectivity index (χ4n) is 5.50. The molecule has 0 N–H and O–H groups in total. The highest BCUT2D eigenvalue weighted by atomic mass is 32.1. The quantitative estimate of drug-likeness (QED) is 0.769. The van der Waals surface area contributed by atoms with E-state index in [9.17, 15) is 4.79 Å². The van der Waals surface area contributed by atoms with Gasteiger partial charge in [0.2, 0.25) is 5.91 Å². The van der Waals surface area contributed by atoms with Crippen molar-refractivity contribution in [2.24, 2.45) is 5.92 Å². The van der Waals surface area contributed by atoms with Crippen LogP contribution in [0.1, 0.15) is 43.5 Å². The van der Waals surface area contributed by atoms with Crippen LogP contribution >= 0.6 is 11.3 Å². The van der Waals surface area contributed by atoms with Gasteiger partial charge in [0.05, 0.1) is 23.3 Å². The smallest absolute Gasteiger partial charge is 0.237 e. The number of piperidine rings is 1. The van der Waals surface area contributed by atoms with Gasteiger partial charge in [0.25, 0.3) is 0 Å². The third kappa shape index (κ3) is 4.35. The molecular weight excluding hydrogens is 380 g/mol. The summed E-state index contributed by atoms with van der Waals surface area (Å²) in [6, 6.07) is 8.91. The Balaban J connectivity index is 1.12. The van der Waals surface area contributed by atoms with Crippen LogP contribution in [0, 0.1) is 5.92 Å². The average Bonchev–Trinajstić information content (AvgIpc) is 3.17. The number of hydrogen-bond donors (Lipinski definition) is 0. The first-order valence-electron chi connectivity index (χ1n) is 11.3. The third-order valence-electron chi connectivity index (χ3n) is 7.08. The van der Waals surface area contributed by atoms with E-state index < -0.39 is 0 Å². The summed E-state index contributed by atoms with van der Waals surface area (Å²) in [5.74, 6) is 1.15. The van der Waals surface area contributed by atoms with E-state index in [4.69, 9.17) is 4.98 Å². The second kappa shape index (κ2) is 8.70. The molecule has 1 aliphatic carbocycles. The molecule has 156 valence electrons. The summed E-state index contributed by atoms with van der Waals surface area (Å²) in [5.41, 5.74) is 1.11. The zero-order valence-electron chi connectivity index (χ0n) is 17.3. The Morgan fingerprint density at radius 2 is 1.72 bits per heavy atom. The Morgan fingerprint density at radius 3 is 2.59 bits per heavy atom. The van der Waals surface area contributed by atoms with Crippen LogP contribution in [0.25, 0.3) is 10.2 Å². The number of piperazine rings is 1. The van der Waals surface area contributed by atoms with Gasteiger partial charge in [-0.15, -0.1) is 11.3 Å². The van der Waals surface area contributed by atoms with Crippen LogP contribution in [0.2, 0.25) is 0 Å². The van der Waals surface area contributed by atoms with Gasteiger partial charge in [-0.3, -0.25) is 14.6 Å². The molecule has 2 saturated heterocycles. The number of aromatic nitrogens is 1. The highest BCUT2D eigenvalue weighted by Crippen LogP contribution is 2.35. The number of carbonyl (C=O) groups excluding carboxylic acids is 1. The maximum atomic E-state index is 13.1. The van der Waals surface area contributed by atoms with Gasteiger partial charge in [-0.1, -0.05) is 25.0 Å². The second-order valence-electron chi connectivity index (χ2n) is 8.97. The van der Waals surface area contributed by atoms with Crippen molar-refractivity contribution in [3.63, 3.8) is 0 Å². The molecule has 3 aliphatic rings. The highest BCUT2D eigenvalue weighted by Gasteiger charge is 2.36. The van der Waals surface area contributed by atoms with Gasteiger partial charge in [-0.25, -0.2) is 4.98 Å². The zero-order chi connectivity index (χ0) is 19.6. The summed E-state index contributed by atoms with van der Waals surface area (Å²) < 4.78 is 1.27. The molecule has 2 aromatic rings. The van der Waals surface area contributed by atoms with Crippen molar-refractivity contribution in [1.29, 1.82) is 0 Å². The first-order valence-corrected chi connectivity index (χ1v) is 12.2. The molecule has 29 heavy (non-hydrogen) atoms. The fourth-order valence-corrected chi connectivity index (χ4v) is 6.51. The van der Waals surface area contributed by atoms with Gasteiger partial charge >= 0.3 is 0 Å². The zero-order valence-corrected chi connectivity index (χ0v) is 18.1. The van der Waals surface area contributed by atoms with Gasteiger partial charge in [0, 0.05) is 38.8 Å². The van der Waals surface area contributed by atoms with Crippen molar-refractivity contribution in [2.75, 3.05) is 39.3 Å². The number of hydrogen-bond acceptors (Lipinski definition) is 5. The van der Waals surface area contributed by atoms with E-state index in [1.807, 2.05) is 0 Å². The van der Waals surface area contributed by atoms with Crippen molar-refractivity contribution >= 4 is 27.5 Å². The normalized spacial score (nSPS) is 26.6. The molecule has 3 fully saturated rings. The number of rotatable bonds is 4. The number of carbonyl (C=O) groups is 1. The SMILES string of the molecule is O=C(CN1CCN(Cc2nc3ccccc3s2)CC1)N1CCC[C@@H]2CCCC[C@H]21. The molecular formula is C23H32N4OS. The van der Waals surface area contributed by atoms with Crippen molar-refractivity contribution < 1.29 is 4.79 Å². The van der Waals surface area contributed by atoms with E-state index in [1.54, 1.807) is 11.3 Å². The highest BCUT2D eigenvalue weighted by molar-refractivity contribution is 7.18. The molecule has 6 heteroatoms. The lowest BCUT2D eigenvalue weighted by Crippen LogP contribution is -2.54. The third-order valence-corrected chi connectivity index (χ3v) is 8.11. The Labute approximate surface area is 177 Å². The molecule has 1 aromatic carbocycles. The summed E-state index contributed by atoms with van der Waals surface area (Å²) in [6.07, 6.45) is 7.75. The first-order chi connectivity index (χ1) is 14.3. The summed E-state index contributed by atoms with van der Waals surface area (Å²) in [5, 5.41) is 1.20. The predicted octanol–water partition coefficient (Wildman–Crippen LogP) is 3.60. The van der Waals surface area contributed by atoms with Gasteiger partial charge in [0.15, 0.2) is 0 Å². The van der Waals surface area contributed by atoms with Crippen molar-refractivity contribution in [1.82, 2.24) is 19.7 Å². The lowest BCUT2D eigenvalue weighted by Gasteiger charge is -2.45. The number of nitrogens with zero attached hydrogens (tertiary/aromatic N) is 4. The number of benzene rings is 1. The van der Waals surface area contributed by atoms with Gasteiger partial charge in [0.1, 0.15) is 5.01 Å². The summed E-state index contributed by atoms with van der Waals surface area (Å²) in [4.78, 5) is 24.9. The van der Waals surface area contributed by atoms with Crippen LogP contribution in [-0.4, -0.2) is 70.9 Å². The van der Waals surface area contributed by atoms with Crippen molar-refractivity contribution in [3.8, 4) is 0 Å². The minimum absolute atomic E-state index is 0.376. The van der Waals surface area contributed by atoms with E-state index in [0.717, 1.165) is 50.7 Å². The van der Waals surface area contributed by atoms with E-state index in [2.05, 4.69) is 39.0 Å². The number of thiazole rings is 1. The van der Waals surface area contributed by atoms with E-state index >= 15 is 0 Å². The molecule has 1 aromatic heterocycles. The largest absolute Gasteiger partial charge is 0.338 e. The number of amides is 1. The minimum Gasteiger partial charge on any atom is -0.338 e. The number of para-hydroxylation sites is 1. The molecule has 5 nitrogen and oxygen atoms in total.